The quantitative estimate of drug-likeness (QED) is 0.257. The van der Waals surface area contributed by atoms with Crippen molar-refractivity contribution < 1.29 is 27.4 Å². The third-order valence-corrected chi connectivity index (χ3v) is 9.21. The lowest BCUT2D eigenvalue weighted by molar-refractivity contribution is 0.0319. The van der Waals surface area contributed by atoms with Gasteiger partial charge in [0.2, 0.25) is 21.8 Å². The Morgan fingerprint density at radius 3 is 2.33 bits per heavy atom. The van der Waals surface area contributed by atoms with Crippen LogP contribution in [0.15, 0.2) is 90.2 Å². The van der Waals surface area contributed by atoms with Gasteiger partial charge in [-0.05, 0) is 29.3 Å². The highest BCUT2D eigenvalue weighted by Crippen LogP contribution is 2.33. The van der Waals surface area contributed by atoms with E-state index in [1.54, 1.807) is 46.0 Å². The predicted molar refractivity (Wildman–Crippen MR) is 160 cm³/mol. The summed E-state index contributed by atoms with van der Waals surface area (Å²) in [4.78, 5) is 22.4. The van der Waals surface area contributed by atoms with E-state index in [9.17, 15) is 13.2 Å². The molecule has 3 heterocycles. The number of imidazole rings is 1. The molecule has 0 saturated carbocycles. The minimum absolute atomic E-state index is 0.0149. The van der Waals surface area contributed by atoms with Crippen LogP contribution in [0.2, 0.25) is 0 Å². The molecule has 11 heteroatoms. The number of aromatic nitrogens is 2. The van der Waals surface area contributed by atoms with Crippen LogP contribution in [0.3, 0.4) is 0 Å². The molecule has 10 nitrogen and oxygen atoms in total. The van der Waals surface area contributed by atoms with Gasteiger partial charge in [0.25, 0.3) is 5.91 Å². The van der Waals surface area contributed by atoms with Crippen molar-refractivity contribution in [2.75, 3.05) is 46.2 Å². The molecule has 0 bridgehead atoms. The molecular formula is C32H34N4O6S. The fourth-order valence-corrected chi connectivity index (χ4v) is 6.80. The Hall–Kier alpha value is -4.19. The van der Waals surface area contributed by atoms with Crippen LogP contribution in [0.1, 0.15) is 27.2 Å². The molecule has 0 spiro atoms. The Morgan fingerprint density at radius 1 is 0.884 bits per heavy atom. The summed E-state index contributed by atoms with van der Waals surface area (Å²) in [6.07, 6.45) is 1.58. The Morgan fingerprint density at radius 2 is 1.58 bits per heavy atom. The highest BCUT2D eigenvalue weighted by atomic mass is 32.2. The third-order valence-electron chi connectivity index (χ3n) is 7.61. The highest BCUT2D eigenvalue weighted by molar-refractivity contribution is 7.90. The third kappa shape index (κ3) is 6.90. The zero-order valence-corrected chi connectivity index (χ0v) is 24.6. The molecule has 2 aliphatic heterocycles. The largest absolute Gasteiger partial charge is 0.454 e. The van der Waals surface area contributed by atoms with Crippen LogP contribution >= 0.6 is 0 Å². The summed E-state index contributed by atoms with van der Waals surface area (Å²) < 4.78 is 45.6. The fourth-order valence-electron chi connectivity index (χ4n) is 5.31. The standard InChI is InChI=1S/C32H34N4O6S/c37-31(27-11-12-29-30(19-27)42-24-41-29)35(14-13-34-15-17-40-18-16-34)22-28-20-33-32(36(28)21-25-7-3-1-4-8-25)43(38,39)23-26-9-5-2-6-10-26/h1-12,19-20H,13-18,21-24H2. The minimum atomic E-state index is -3.79. The number of hydrogen-bond donors (Lipinski definition) is 0. The highest BCUT2D eigenvalue weighted by Gasteiger charge is 2.27. The number of carbonyl (C=O) groups is 1. The summed E-state index contributed by atoms with van der Waals surface area (Å²) in [7, 11) is -3.79. The molecule has 2 aliphatic rings. The second-order valence-corrected chi connectivity index (χ2v) is 12.5. The van der Waals surface area contributed by atoms with Gasteiger partial charge in [-0.3, -0.25) is 9.69 Å². The first kappa shape index (κ1) is 28.9. The molecule has 1 fully saturated rings. The second kappa shape index (κ2) is 13.0. The SMILES string of the molecule is O=C(c1ccc2c(c1)OCO2)N(CCN1CCOCC1)Cc1cnc(S(=O)(=O)Cc2ccccc2)n1Cc1ccccc1. The molecule has 224 valence electrons. The van der Waals surface area contributed by atoms with Crippen LogP contribution < -0.4 is 9.47 Å². The van der Waals surface area contributed by atoms with Gasteiger partial charge in [-0.25, -0.2) is 13.4 Å². The van der Waals surface area contributed by atoms with E-state index in [4.69, 9.17) is 14.2 Å². The molecule has 0 unspecified atom stereocenters. The van der Waals surface area contributed by atoms with Crippen LogP contribution in [-0.2, 0) is 33.4 Å². The van der Waals surface area contributed by atoms with Gasteiger partial charge in [0.1, 0.15) is 0 Å². The molecular weight excluding hydrogens is 568 g/mol. The number of hydrogen-bond acceptors (Lipinski definition) is 8. The van der Waals surface area contributed by atoms with Crippen molar-refractivity contribution >= 4 is 15.7 Å². The number of ether oxygens (including phenoxy) is 3. The van der Waals surface area contributed by atoms with Crippen LogP contribution in [0.4, 0.5) is 0 Å². The van der Waals surface area contributed by atoms with Crippen molar-refractivity contribution in [3.8, 4) is 11.5 Å². The average Bonchev–Trinajstić information content (AvgIpc) is 3.67. The van der Waals surface area contributed by atoms with E-state index in [1.165, 1.54) is 0 Å². The summed E-state index contributed by atoms with van der Waals surface area (Å²) >= 11 is 0. The van der Waals surface area contributed by atoms with Crippen LogP contribution in [0.5, 0.6) is 11.5 Å². The molecule has 1 aromatic heterocycles. The molecule has 1 amide bonds. The normalized spacial score (nSPS) is 15.0. The van der Waals surface area contributed by atoms with Gasteiger partial charge in [-0.2, -0.15) is 0 Å². The van der Waals surface area contributed by atoms with Crippen LogP contribution in [-0.4, -0.2) is 79.9 Å². The number of rotatable bonds is 11. The van der Waals surface area contributed by atoms with Gasteiger partial charge in [0.05, 0.1) is 43.9 Å². The maximum atomic E-state index is 14.0. The molecule has 0 N–H and O–H groups in total. The van der Waals surface area contributed by atoms with Gasteiger partial charge >= 0.3 is 0 Å². The molecule has 0 atom stereocenters. The van der Waals surface area contributed by atoms with E-state index in [1.807, 2.05) is 48.5 Å². The van der Waals surface area contributed by atoms with Crippen LogP contribution in [0.25, 0.3) is 0 Å². The molecule has 6 rings (SSSR count). The first-order valence-corrected chi connectivity index (χ1v) is 16.0. The van der Waals surface area contributed by atoms with E-state index in [0.717, 1.165) is 18.7 Å². The zero-order chi connectivity index (χ0) is 29.6. The lowest BCUT2D eigenvalue weighted by Gasteiger charge is -2.30. The van der Waals surface area contributed by atoms with Gasteiger partial charge < -0.3 is 23.7 Å². The summed E-state index contributed by atoms with van der Waals surface area (Å²) in [5, 5.41) is -0.0149. The number of fused-ring (bicyclic) bond motifs is 1. The van der Waals surface area contributed by atoms with Gasteiger partial charge in [0, 0.05) is 31.7 Å². The van der Waals surface area contributed by atoms with E-state index >= 15 is 0 Å². The maximum absolute atomic E-state index is 14.0. The van der Waals surface area contributed by atoms with Crippen molar-refractivity contribution in [3.63, 3.8) is 0 Å². The average molecular weight is 603 g/mol. The fraction of sp³-hybridized carbons (Fsp3) is 0.312. The molecule has 4 aromatic rings. The number of nitrogens with zero attached hydrogens (tertiary/aromatic N) is 4. The monoisotopic (exact) mass is 602 g/mol. The number of benzene rings is 3. The minimum Gasteiger partial charge on any atom is -0.454 e. The topological polar surface area (TPSA) is 103 Å². The van der Waals surface area contributed by atoms with E-state index in [-0.39, 0.29) is 30.2 Å². The molecule has 1 saturated heterocycles. The Labute approximate surface area is 251 Å². The number of morpholine rings is 1. The predicted octanol–water partition coefficient (Wildman–Crippen LogP) is 3.61. The Balaban J connectivity index is 1.33. The van der Waals surface area contributed by atoms with Crippen molar-refractivity contribution in [1.82, 2.24) is 19.4 Å². The van der Waals surface area contributed by atoms with Crippen LogP contribution in [0, 0.1) is 0 Å². The van der Waals surface area contributed by atoms with Gasteiger partial charge in [-0.15, -0.1) is 0 Å². The van der Waals surface area contributed by atoms with Crippen molar-refractivity contribution in [2.45, 2.75) is 24.0 Å². The molecule has 0 aliphatic carbocycles. The lowest BCUT2D eigenvalue weighted by atomic mass is 10.1. The Bertz CT molecular complexity index is 1650. The van der Waals surface area contributed by atoms with E-state index in [0.29, 0.717) is 61.2 Å². The lowest BCUT2D eigenvalue weighted by Crippen LogP contribution is -2.43. The molecule has 3 aromatic carbocycles. The summed E-state index contributed by atoms with van der Waals surface area (Å²) in [6, 6.07) is 23.9. The van der Waals surface area contributed by atoms with E-state index < -0.39 is 9.84 Å². The molecule has 0 radical (unpaired) electrons. The summed E-state index contributed by atoms with van der Waals surface area (Å²) in [5.41, 5.74) is 2.71. The van der Waals surface area contributed by atoms with E-state index in [2.05, 4.69) is 9.88 Å². The first-order valence-electron chi connectivity index (χ1n) is 14.3. The van der Waals surface area contributed by atoms with Crippen molar-refractivity contribution in [3.05, 3.63) is 107 Å². The van der Waals surface area contributed by atoms with Gasteiger partial charge in [0.15, 0.2) is 11.5 Å². The maximum Gasteiger partial charge on any atom is 0.254 e. The molecule has 43 heavy (non-hydrogen) atoms. The second-order valence-electron chi connectivity index (χ2n) is 10.6. The zero-order valence-electron chi connectivity index (χ0n) is 23.8. The number of carbonyl (C=O) groups excluding carboxylic acids is 1. The number of sulfone groups is 1. The van der Waals surface area contributed by atoms with Crippen molar-refractivity contribution in [1.29, 1.82) is 0 Å². The first-order chi connectivity index (χ1) is 21.0. The van der Waals surface area contributed by atoms with Gasteiger partial charge in [-0.1, -0.05) is 60.7 Å². The number of amides is 1. The summed E-state index contributed by atoms with van der Waals surface area (Å²) in [5.74, 6) is 0.774. The smallest absolute Gasteiger partial charge is 0.254 e. The van der Waals surface area contributed by atoms with Crippen molar-refractivity contribution in [2.24, 2.45) is 0 Å². The Kier molecular flexibility index (Phi) is 8.73. The summed E-state index contributed by atoms with van der Waals surface area (Å²) in [6.45, 7) is 4.59.